The largest absolute Gasteiger partial charge is 0.369 e. The molecule has 1 atom stereocenters. The highest BCUT2D eigenvalue weighted by Crippen LogP contribution is 2.21. The Labute approximate surface area is 119 Å². The Balaban J connectivity index is 1.78. The van der Waals surface area contributed by atoms with E-state index >= 15 is 0 Å². The summed E-state index contributed by atoms with van der Waals surface area (Å²) in [7, 11) is 0. The number of anilines is 1. The standard InChI is InChI=1S/C16H20N4/c1-12-9-18-16(19-10-12)14-3-5-15(6-4-14)20-8-7-17-13(2)11-20/h3-6,9-10,13,17H,7-8,11H2,1-2H3. The molecule has 0 saturated carbocycles. The number of piperazine rings is 1. The predicted molar refractivity (Wildman–Crippen MR) is 81.9 cm³/mol. The first-order chi connectivity index (χ1) is 9.72. The van der Waals surface area contributed by atoms with Gasteiger partial charge in [-0.1, -0.05) is 0 Å². The summed E-state index contributed by atoms with van der Waals surface area (Å²) in [5, 5.41) is 3.46. The number of nitrogens with zero attached hydrogens (tertiary/aromatic N) is 3. The summed E-state index contributed by atoms with van der Waals surface area (Å²) in [6, 6.07) is 9.08. The highest BCUT2D eigenvalue weighted by atomic mass is 15.2. The number of hydrogen-bond acceptors (Lipinski definition) is 4. The minimum atomic E-state index is 0.545. The smallest absolute Gasteiger partial charge is 0.159 e. The number of rotatable bonds is 2. The van der Waals surface area contributed by atoms with Crippen LogP contribution in [0, 0.1) is 6.92 Å². The van der Waals surface area contributed by atoms with Crippen molar-refractivity contribution >= 4 is 5.69 Å². The van der Waals surface area contributed by atoms with Gasteiger partial charge in [0.1, 0.15) is 0 Å². The molecule has 1 aliphatic heterocycles. The molecule has 1 N–H and O–H groups in total. The summed E-state index contributed by atoms with van der Waals surface area (Å²) >= 11 is 0. The third-order valence-electron chi connectivity index (χ3n) is 3.64. The molecule has 1 fully saturated rings. The van der Waals surface area contributed by atoms with E-state index in [4.69, 9.17) is 0 Å². The van der Waals surface area contributed by atoms with E-state index in [0.717, 1.165) is 36.6 Å². The Morgan fingerprint density at radius 3 is 2.50 bits per heavy atom. The first-order valence-electron chi connectivity index (χ1n) is 7.10. The summed E-state index contributed by atoms with van der Waals surface area (Å²) < 4.78 is 0. The molecule has 0 amide bonds. The summed E-state index contributed by atoms with van der Waals surface area (Å²) in [5.74, 6) is 0.788. The van der Waals surface area contributed by atoms with Crippen LogP contribution in [0.1, 0.15) is 12.5 Å². The third kappa shape index (κ3) is 2.80. The van der Waals surface area contributed by atoms with Gasteiger partial charge < -0.3 is 10.2 Å². The molecule has 1 aromatic carbocycles. The summed E-state index contributed by atoms with van der Waals surface area (Å²) in [5.41, 5.74) is 3.42. The Kier molecular flexibility index (Phi) is 3.65. The van der Waals surface area contributed by atoms with E-state index in [9.17, 15) is 0 Å². The van der Waals surface area contributed by atoms with Crippen LogP contribution in [-0.4, -0.2) is 35.6 Å². The van der Waals surface area contributed by atoms with Crippen molar-refractivity contribution in [2.45, 2.75) is 19.9 Å². The zero-order chi connectivity index (χ0) is 13.9. The molecule has 1 saturated heterocycles. The zero-order valence-electron chi connectivity index (χ0n) is 12.0. The van der Waals surface area contributed by atoms with E-state index in [0.29, 0.717) is 6.04 Å². The lowest BCUT2D eigenvalue weighted by Gasteiger charge is -2.33. The SMILES string of the molecule is Cc1cnc(-c2ccc(N3CCNC(C)C3)cc2)nc1. The second-order valence-electron chi connectivity index (χ2n) is 5.43. The fourth-order valence-electron chi connectivity index (χ4n) is 2.53. The first-order valence-corrected chi connectivity index (χ1v) is 7.10. The number of benzene rings is 1. The average Bonchev–Trinajstić information content (AvgIpc) is 2.48. The Hall–Kier alpha value is -1.94. The van der Waals surface area contributed by atoms with Crippen LogP contribution < -0.4 is 10.2 Å². The maximum Gasteiger partial charge on any atom is 0.159 e. The van der Waals surface area contributed by atoms with Gasteiger partial charge in [-0.2, -0.15) is 0 Å². The number of aryl methyl sites for hydroxylation is 1. The van der Waals surface area contributed by atoms with Crippen LogP contribution in [0.15, 0.2) is 36.7 Å². The maximum absolute atomic E-state index is 4.37. The molecule has 2 heterocycles. The van der Waals surface area contributed by atoms with Gasteiger partial charge in [-0.3, -0.25) is 0 Å². The van der Waals surface area contributed by atoms with E-state index in [1.165, 1.54) is 5.69 Å². The van der Waals surface area contributed by atoms with E-state index in [-0.39, 0.29) is 0 Å². The van der Waals surface area contributed by atoms with Crippen LogP contribution in [0.2, 0.25) is 0 Å². The topological polar surface area (TPSA) is 41.1 Å². The van der Waals surface area contributed by atoms with Gasteiger partial charge in [0.15, 0.2) is 5.82 Å². The van der Waals surface area contributed by atoms with Gasteiger partial charge in [-0.15, -0.1) is 0 Å². The van der Waals surface area contributed by atoms with Crippen LogP contribution in [0.3, 0.4) is 0 Å². The molecule has 4 heteroatoms. The lowest BCUT2D eigenvalue weighted by atomic mass is 10.1. The van der Waals surface area contributed by atoms with Crippen molar-refractivity contribution in [3.05, 3.63) is 42.2 Å². The quantitative estimate of drug-likeness (QED) is 0.907. The molecule has 3 rings (SSSR count). The van der Waals surface area contributed by atoms with Crippen molar-refractivity contribution in [1.82, 2.24) is 15.3 Å². The average molecular weight is 268 g/mol. The van der Waals surface area contributed by atoms with Crippen LogP contribution in [0.25, 0.3) is 11.4 Å². The summed E-state index contributed by atoms with van der Waals surface area (Å²) in [4.78, 5) is 11.2. The molecule has 0 bridgehead atoms. The monoisotopic (exact) mass is 268 g/mol. The number of nitrogens with one attached hydrogen (secondary N) is 1. The molecule has 2 aromatic rings. The van der Waals surface area contributed by atoms with Crippen LogP contribution >= 0.6 is 0 Å². The summed E-state index contributed by atoms with van der Waals surface area (Å²) in [6.45, 7) is 7.38. The Bertz CT molecular complexity index is 562. The second-order valence-corrected chi connectivity index (χ2v) is 5.43. The Morgan fingerprint density at radius 1 is 1.15 bits per heavy atom. The third-order valence-corrected chi connectivity index (χ3v) is 3.64. The number of aromatic nitrogens is 2. The molecule has 0 radical (unpaired) electrons. The van der Waals surface area contributed by atoms with Crippen molar-refractivity contribution < 1.29 is 0 Å². The van der Waals surface area contributed by atoms with Gasteiger partial charge in [0, 0.05) is 49.3 Å². The van der Waals surface area contributed by atoms with Gasteiger partial charge >= 0.3 is 0 Å². The summed E-state index contributed by atoms with van der Waals surface area (Å²) in [6.07, 6.45) is 3.71. The second kappa shape index (κ2) is 5.59. The molecule has 4 nitrogen and oxygen atoms in total. The molecule has 104 valence electrons. The van der Waals surface area contributed by atoms with Gasteiger partial charge in [-0.25, -0.2) is 9.97 Å². The van der Waals surface area contributed by atoms with Crippen molar-refractivity contribution in [3.63, 3.8) is 0 Å². The lowest BCUT2D eigenvalue weighted by molar-refractivity contribution is 0.485. The lowest BCUT2D eigenvalue weighted by Crippen LogP contribution is -2.49. The van der Waals surface area contributed by atoms with Crippen molar-refractivity contribution in [2.75, 3.05) is 24.5 Å². The van der Waals surface area contributed by atoms with Crippen molar-refractivity contribution in [3.8, 4) is 11.4 Å². The molecule has 1 unspecified atom stereocenters. The minimum absolute atomic E-state index is 0.545. The predicted octanol–water partition coefficient (Wildman–Crippen LogP) is 2.25. The van der Waals surface area contributed by atoms with E-state index in [1.807, 2.05) is 19.3 Å². The first kappa shape index (κ1) is 13.1. The van der Waals surface area contributed by atoms with Crippen LogP contribution in [0.5, 0.6) is 0 Å². The normalized spacial score (nSPS) is 19.1. The molecular weight excluding hydrogens is 248 g/mol. The fourth-order valence-corrected chi connectivity index (χ4v) is 2.53. The molecule has 1 aromatic heterocycles. The molecule has 0 spiro atoms. The van der Waals surface area contributed by atoms with E-state index in [2.05, 4.69) is 51.4 Å². The highest BCUT2D eigenvalue weighted by Gasteiger charge is 2.15. The van der Waals surface area contributed by atoms with Crippen molar-refractivity contribution in [2.24, 2.45) is 0 Å². The molecule has 20 heavy (non-hydrogen) atoms. The zero-order valence-corrected chi connectivity index (χ0v) is 12.0. The minimum Gasteiger partial charge on any atom is -0.369 e. The van der Waals surface area contributed by atoms with Gasteiger partial charge in [-0.05, 0) is 43.7 Å². The molecule has 0 aliphatic carbocycles. The maximum atomic E-state index is 4.37. The number of hydrogen-bond donors (Lipinski definition) is 1. The van der Waals surface area contributed by atoms with Crippen LogP contribution in [-0.2, 0) is 0 Å². The van der Waals surface area contributed by atoms with Gasteiger partial charge in [0.2, 0.25) is 0 Å². The Morgan fingerprint density at radius 2 is 1.85 bits per heavy atom. The highest BCUT2D eigenvalue weighted by molar-refractivity contribution is 5.60. The van der Waals surface area contributed by atoms with E-state index < -0.39 is 0 Å². The van der Waals surface area contributed by atoms with E-state index in [1.54, 1.807) is 0 Å². The van der Waals surface area contributed by atoms with Gasteiger partial charge in [0.05, 0.1) is 0 Å². The van der Waals surface area contributed by atoms with Crippen molar-refractivity contribution in [1.29, 1.82) is 0 Å². The fraction of sp³-hybridized carbons (Fsp3) is 0.375. The molecular formula is C16H20N4. The van der Waals surface area contributed by atoms with Crippen LogP contribution in [0.4, 0.5) is 5.69 Å². The van der Waals surface area contributed by atoms with Gasteiger partial charge in [0.25, 0.3) is 0 Å². The molecule has 1 aliphatic rings.